The average Bonchev–Trinajstić information content (AvgIpc) is 2.68. The molecule has 0 spiro atoms. The second-order valence-electron chi connectivity index (χ2n) is 7.42. The van der Waals surface area contributed by atoms with Gasteiger partial charge in [0.1, 0.15) is 11.6 Å². The van der Waals surface area contributed by atoms with Crippen LogP contribution in [0.4, 0.5) is 10.1 Å². The summed E-state index contributed by atoms with van der Waals surface area (Å²) in [7, 11) is 0. The highest BCUT2D eigenvalue weighted by Crippen LogP contribution is 2.35. The van der Waals surface area contributed by atoms with Crippen LogP contribution in [0.3, 0.4) is 0 Å². The molecule has 1 fully saturated rings. The number of nitrogens with two attached hydrogens (primary N) is 1. The molecule has 1 aliphatic heterocycles. The smallest absolute Gasteiger partial charge is 0.193 e. The van der Waals surface area contributed by atoms with E-state index in [0.717, 1.165) is 29.8 Å². The number of aliphatic imine (C=N–C) groups is 1. The molecule has 0 aromatic heterocycles. The van der Waals surface area contributed by atoms with Gasteiger partial charge >= 0.3 is 0 Å². The van der Waals surface area contributed by atoms with Crippen LogP contribution in [0.15, 0.2) is 53.5 Å². The van der Waals surface area contributed by atoms with Gasteiger partial charge in [0.15, 0.2) is 5.96 Å². The fraction of sp³-hybridized carbons (Fsp3) is 0.409. The second-order valence-corrected chi connectivity index (χ2v) is 7.42. The third kappa shape index (κ3) is 6.57. The van der Waals surface area contributed by atoms with Crippen LogP contribution in [0, 0.1) is 5.82 Å². The molecule has 2 aromatic carbocycles. The number of hydrogen-bond acceptors (Lipinski definition) is 3. The van der Waals surface area contributed by atoms with E-state index in [9.17, 15) is 4.39 Å². The summed E-state index contributed by atoms with van der Waals surface area (Å²) in [6.07, 6.45) is 1.70. The van der Waals surface area contributed by atoms with Gasteiger partial charge in [0.05, 0.1) is 12.6 Å². The second kappa shape index (κ2) is 10.8. The van der Waals surface area contributed by atoms with Crippen molar-refractivity contribution in [2.45, 2.75) is 38.2 Å². The zero-order chi connectivity index (χ0) is 20.0. The van der Waals surface area contributed by atoms with E-state index in [1.807, 2.05) is 44.2 Å². The van der Waals surface area contributed by atoms with Crippen molar-refractivity contribution in [2.24, 2.45) is 10.7 Å². The number of guanidine groups is 1. The molecule has 0 radical (unpaired) electrons. The van der Waals surface area contributed by atoms with Crippen LogP contribution in [0.25, 0.3) is 0 Å². The minimum absolute atomic E-state index is 0. The molecule has 29 heavy (non-hydrogen) atoms. The summed E-state index contributed by atoms with van der Waals surface area (Å²) in [5.74, 6) is 0.908. The number of hydrogen-bond donors (Lipinski definition) is 2. The fourth-order valence-corrected chi connectivity index (χ4v) is 3.43. The van der Waals surface area contributed by atoms with E-state index >= 15 is 0 Å². The molecule has 1 saturated heterocycles. The molecule has 2 aromatic rings. The Morgan fingerprint density at radius 1 is 1.21 bits per heavy atom. The Morgan fingerprint density at radius 2 is 1.90 bits per heavy atom. The summed E-state index contributed by atoms with van der Waals surface area (Å²) in [6.45, 7) is 5.73. The molecular weight excluding hydrogens is 484 g/mol. The van der Waals surface area contributed by atoms with Crippen molar-refractivity contribution in [3.05, 3.63) is 59.9 Å². The fourth-order valence-electron chi connectivity index (χ4n) is 3.43. The topological polar surface area (TPSA) is 68.9 Å². The third-order valence-electron chi connectivity index (χ3n) is 4.94. The summed E-state index contributed by atoms with van der Waals surface area (Å²) in [5.41, 5.74) is 7.63. The van der Waals surface area contributed by atoms with Crippen LogP contribution < -0.4 is 15.8 Å². The standard InChI is InChI=1S/C22H28FN3O2.HI/c1-16(2)28-20-8-6-19(7-9-20)26-21(24)25-15-22(10-12-27-13-11-22)17-4-3-5-18(23)14-17;/h3-9,14,16H,10-13,15H2,1-2H3,(H3,24,25,26);1H. The van der Waals surface area contributed by atoms with Gasteiger partial charge in [0.2, 0.25) is 0 Å². The monoisotopic (exact) mass is 513 g/mol. The molecule has 158 valence electrons. The van der Waals surface area contributed by atoms with Crippen molar-refractivity contribution < 1.29 is 13.9 Å². The molecule has 0 atom stereocenters. The first kappa shape index (κ1) is 23.4. The lowest BCUT2D eigenvalue weighted by Crippen LogP contribution is -2.38. The SMILES string of the molecule is CC(C)Oc1ccc(NC(N)=NCC2(c3cccc(F)c3)CCOCC2)cc1.I. The maximum absolute atomic E-state index is 13.8. The number of halogens is 2. The molecule has 1 aliphatic rings. The molecule has 5 nitrogen and oxygen atoms in total. The number of anilines is 1. The lowest BCUT2D eigenvalue weighted by molar-refractivity contribution is 0.0530. The number of nitrogens with one attached hydrogen (secondary N) is 1. The maximum Gasteiger partial charge on any atom is 0.193 e. The highest BCUT2D eigenvalue weighted by atomic mass is 127. The van der Waals surface area contributed by atoms with Crippen LogP contribution in [-0.4, -0.2) is 31.8 Å². The van der Waals surface area contributed by atoms with Gasteiger partial charge in [-0.2, -0.15) is 0 Å². The van der Waals surface area contributed by atoms with E-state index in [-0.39, 0.29) is 41.3 Å². The molecule has 3 N–H and O–H groups in total. The highest BCUT2D eigenvalue weighted by molar-refractivity contribution is 14.0. The first-order valence-electron chi connectivity index (χ1n) is 9.64. The van der Waals surface area contributed by atoms with E-state index in [2.05, 4.69) is 10.3 Å². The van der Waals surface area contributed by atoms with Gasteiger partial charge in [-0.05, 0) is 68.7 Å². The Balaban J connectivity index is 0.00000300. The van der Waals surface area contributed by atoms with Gasteiger partial charge in [-0.15, -0.1) is 24.0 Å². The van der Waals surface area contributed by atoms with E-state index < -0.39 is 0 Å². The van der Waals surface area contributed by atoms with Crippen molar-refractivity contribution in [2.75, 3.05) is 25.1 Å². The van der Waals surface area contributed by atoms with Crippen LogP contribution in [0.2, 0.25) is 0 Å². The summed E-state index contributed by atoms with van der Waals surface area (Å²) in [6, 6.07) is 14.3. The summed E-state index contributed by atoms with van der Waals surface area (Å²) in [5, 5.41) is 3.11. The number of nitrogens with zero attached hydrogens (tertiary/aromatic N) is 1. The van der Waals surface area contributed by atoms with Crippen LogP contribution >= 0.6 is 24.0 Å². The summed E-state index contributed by atoms with van der Waals surface area (Å²) >= 11 is 0. The van der Waals surface area contributed by atoms with Gasteiger partial charge in [-0.3, -0.25) is 4.99 Å². The quantitative estimate of drug-likeness (QED) is 0.334. The van der Waals surface area contributed by atoms with E-state index in [4.69, 9.17) is 15.2 Å². The zero-order valence-corrected chi connectivity index (χ0v) is 19.2. The molecule has 1 heterocycles. The van der Waals surface area contributed by atoms with E-state index in [1.54, 1.807) is 12.1 Å². The molecular formula is C22H29FIN3O2. The summed E-state index contributed by atoms with van der Waals surface area (Å²) < 4.78 is 24.9. The Morgan fingerprint density at radius 3 is 2.52 bits per heavy atom. The third-order valence-corrected chi connectivity index (χ3v) is 4.94. The van der Waals surface area contributed by atoms with Crippen LogP contribution in [0.1, 0.15) is 32.3 Å². The zero-order valence-electron chi connectivity index (χ0n) is 16.9. The lowest BCUT2D eigenvalue weighted by Gasteiger charge is -2.36. The van der Waals surface area contributed by atoms with Gasteiger partial charge in [0, 0.05) is 24.3 Å². The van der Waals surface area contributed by atoms with Crippen molar-refractivity contribution in [3.63, 3.8) is 0 Å². The van der Waals surface area contributed by atoms with Gasteiger partial charge in [-0.1, -0.05) is 12.1 Å². The highest BCUT2D eigenvalue weighted by Gasteiger charge is 2.34. The van der Waals surface area contributed by atoms with Gasteiger partial charge < -0.3 is 20.5 Å². The van der Waals surface area contributed by atoms with Gasteiger partial charge in [0.25, 0.3) is 0 Å². The van der Waals surface area contributed by atoms with Gasteiger partial charge in [-0.25, -0.2) is 4.39 Å². The number of rotatable bonds is 6. The number of ether oxygens (including phenoxy) is 2. The van der Waals surface area contributed by atoms with E-state index in [1.165, 1.54) is 6.07 Å². The normalized spacial score (nSPS) is 16.2. The maximum atomic E-state index is 13.8. The van der Waals surface area contributed by atoms with Crippen molar-refractivity contribution in [3.8, 4) is 5.75 Å². The molecule has 0 unspecified atom stereocenters. The Kier molecular flexibility index (Phi) is 8.70. The minimum Gasteiger partial charge on any atom is -0.491 e. The average molecular weight is 513 g/mol. The summed E-state index contributed by atoms with van der Waals surface area (Å²) in [4.78, 5) is 4.57. The lowest BCUT2D eigenvalue weighted by atomic mass is 9.74. The van der Waals surface area contributed by atoms with Crippen LogP contribution in [0.5, 0.6) is 5.75 Å². The minimum atomic E-state index is -0.262. The molecule has 0 aliphatic carbocycles. The predicted molar refractivity (Wildman–Crippen MR) is 126 cm³/mol. The van der Waals surface area contributed by atoms with Crippen molar-refractivity contribution >= 4 is 35.6 Å². The first-order chi connectivity index (χ1) is 13.5. The van der Waals surface area contributed by atoms with Crippen LogP contribution in [-0.2, 0) is 10.2 Å². The van der Waals surface area contributed by atoms with E-state index in [0.29, 0.717) is 25.7 Å². The molecule has 0 amide bonds. The molecule has 3 rings (SSSR count). The molecule has 0 saturated carbocycles. The number of benzene rings is 2. The molecule has 7 heteroatoms. The Bertz CT molecular complexity index is 806. The van der Waals surface area contributed by atoms with Crippen molar-refractivity contribution in [1.29, 1.82) is 0 Å². The largest absolute Gasteiger partial charge is 0.491 e. The first-order valence-corrected chi connectivity index (χ1v) is 9.64. The predicted octanol–water partition coefficient (Wildman–Crippen LogP) is 4.71. The van der Waals surface area contributed by atoms with Crippen molar-refractivity contribution in [1.82, 2.24) is 0 Å². The molecule has 0 bridgehead atoms. The Hall–Kier alpha value is -1.87. The Labute approximate surface area is 188 Å².